The Hall–Kier alpha value is -0.280. The van der Waals surface area contributed by atoms with Crippen LogP contribution in [0.4, 0.5) is 0 Å². The SMILES string of the molecule is O=C(c1ccccc1)C(O)C(Cl)(Cl)Cl. The van der Waals surface area contributed by atoms with E-state index in [4.69, 9.17) is 34.8 Å². The molecular formula is C9H7Cl3O2. The number of aliphatic hydroxyl groups excluding tert-OH is 1. The highest BCUT2D eigenvalue weighted by molar-refractivity contribution is 6.69. The summed E-state index contributed by atoms with van der Waals surface area (Å²) < 4.78 is -1.99. The minimum absolute atomic E-state index is 0.311. The number of rotatable bonds is 2. The number of alkyl halides is 3. The van der Waals surface area contributed by atoms with Gasteiger partial charge in [-0.2, -0.15) is 0 Å². The van der Waals surface area contributed by atoms with Crippen molar-refractivity contribution < 1.29 is 9.90 Å². The molecule has 76 valence electrons. The summed E-state index contributed by atoms with van der Waals surface area (Å²) in [6, 6.07) is 8.17. The molecule has 1 unspecified atom stereocenters. The average Bonchev–Trinajstić information content (AvgIpc) is 2.15. The Bertz CT molecular complexity index is 319. The van der Waals surface area contributed by atoms with E-state index in [1.54, 1.807) is 30.3 Å². The Morgan fingerprint density at radius 3 is 2.14 bits per heavy atom. The van der Waals surface area contributed by atoms with Gasteiger partial charge in [-0.25, -0.2) is 0 Å². The van der Waals surface area contributed by atoms with Crippen molar-refractivity contribution in [3.63, 3.8) is 0 Å². The lowest BCUT2D eigenvalue weighted by atomic mass is 10.1. The van der Waals surface area contributed by atoms with Crippen molar-refractivity contribution in [1.29, 1.82) is 0 Å². The van der Waals surface area contributed by atoms with E-state index in [1.165, 1.54) is 0 Å². The number of Topliss-reactive ketones (excluding diaryl/α,β-unsaturated/α-hetero) is 1. The van der Waals surface area contributed by atoms with E-state index >= 15 is 0 Å². The lowest BCUT2D eigenvalue weighted by Crippen LogP contribution is -2.33. The first kappa shape index (κ1) is 11.8. The second-order valence-corrected chi connectivity index (χ2v) is 5.04. The molecule has 14 heavy (non-hydrogen) atoms. The molecule has 1 N–H and O–H groups in total. The van der Waals surface area contributed by atoms with Crippen molar-refractivity contribution >= 4 is 40.6 Å². The lowest BCUT2D eigenvalue weighted by molar-refractivity contribution is 0.0755. The third-order valence-electron chi connectivity index (χ3n) is 1.62. The van der Waals surface area contributed by atoms with Gasteiger partial charge in [-0.3, -0.25) is 4.79 Å². The first-order chi connectivity index (χ1) is 6.43. The molecule has 0 bridgehead atoms. The summed E-state index contributed by atoms with van der Waals surface area (Å²) in [4.78, 5) is 11.5. The fraction of sp³-hybridized carbons (Fsp3) is 0.222. The van der Waals surface area contributed by atoms with E-state index in [0.29, 0.717) is 5.56 Å². The van der Waals surface area contributed by atoms with Gasteiger partial charge in [0, 0.05) is 5.56 Å². The molecular weight excluding hydrogens is 246 g/mol. The third-order valence-corrected chi connectivity index (χ3v) is 2.24. The van der Waals surface area contributed by atoms with Gasteiger partial charge < -0.3 is 5.11 Å². The molecule has 0 heterocycles. The van der Waals surface area contributed by atoms with Crippen LogP contribution in [0.5, 0.6) is 0 Å². The summed E-state index contributed by atoms with van der Waals surface area (Å²) in [6.45, 7) is 0. The van der Waals surface area contributed by atoms with Crippen molar-refractivity contribution in [3.05, 3.63) is 35.9 Å². The Kier molecular flexibility index (Phi) is 3.78. The largest absolute Gasteiger partial charge is 0.380 e. The zero-order valence-corrected chi connectivity index (χ0v) is 9.22. The van der Waals surface area contributed by atoms with Gasteiger partial charge in [0.05, 0.1) is 0 Å². The standard InChI is InChI=1S/C9H7Cl3O2/c10-9(11,12)8(14)7(13)6-4-2-1-3-5-6/h1-5,8,14H. The van der Waals surface area contributed by atoms with Gasteiger partial charge in [-0.05, 0) is 0 Å². The number of aliphatic hydroxyl groups is 1. The van der Waals surface area contributed by atoms with E-state index < -0.39 is 15.7 Å². The summed E-state index contributed by atoms with van der Waals surface area (Å²) in [5.41, 5.74) is 0.311. The molecule has 1 atom stereocenters. The molecule has 0 saturated carbocycles. The molecule has 0 spiro atoms. The molecule has 2 nitrogen and oxygen atoms in total. The van der Waals surface area contributed by atoms with Crippen LogP contribution in [0.2, 0.25) is 0 Å². The Labute approximate surface area is 96.4 Å². The fourth-order valence-corrected chi connectivity index (χ4v) is 1.21. The normalized spacial score (nSPS) is 13.7. The highest BCUT2D eigenvalue weighted by atomic mass is 35.6. The molecule has 0 aliphatic heterocycles. The number of hydrogen-bond acceptors (Lipinski definition) is 2. The van der Waals surface area contributed by atoms with Crippen LogP contribution < -0.4 is 0 Å². The molecule has 0 aliphatic rings. The molecule has 0 amide bonds. The molecule has 0 saturated heterocycles. The van der Waals surface area contributed by atoms with Crippen LogP contribution in [0.3, 0.4) is 0 Å². The van der Waals surface area contributed by atoms with Gasteiger partial charge in [-0.15, -0.1) is 0 Å². The number of hydrogen-bond donors (Lipinski definition) is 1. The number of carbonyl (C=O) groups is 1. The summed E-state index contributed by atoms with van der Waals surface area (Å²) in [6.07, 6.45) is -1.64. The van der Waals surface area contributed by atoms with Crippen LogP contribution in [0.1, 0.15) is 10.4 Å². The van der Waals surface area contributed by atoms with Crippen molar-refractivity contribution in [2.24, 2.45) is 0 Å². The van der Waals surface area contributed by atoms with Gasteiger partial charge >= 0.3 is 0 Å². The van der Waals surface area contributed by atoms with Gasteiger partial charge in [-0.1, -0.05) is 65.1 Å². The summed E-state index contributed by atoms with van der Waals surface area (Å²) >= 11 is 16.2. The Morgan fingerprint density at radius 1 is 1.21 bits per heavy atom. The predicted molar refractivity (Wildman–Crippen MR) is 57.1 cm³/mol. The maximum absolute atomic E-state index is 11.5. The summed E-state index contributed by atoms with van der Waals surface area (Å²) in [5, 5.41) is 9.36. The Morgan fingerprint density at radius 2 is 1.71 bits per heavy atom. The van der Waals surface area contributed by atoms with E-state index in [9.17, 15) is 9.90 Å². The monoisotopic (exact) mass is 252 g/mol. The maximum atomic E-state index is 11.5. The van der Waals surface area contributed by atoms with Crippen molar-refractivity contribution in [1.82, 2.24) is 0 Å². The minimum atomic E-state index is -1.99. The van der Waals surface area contributed by atoms with E-state index in [-0.39, 0.29) is 0 Å². The molecule has 0 aromatic heterocycles. The number of ketones is 1. The molecule has 5 heteroatoms. The van der Waals surface area contributed by atoms with Crippen LogP contribution in [0.25, 0.3) is 0 Å². The minimum Gasteiger partial charge on any atom is -0.380 e. The molecule has 0 radical (unpaired) electrons. The highest BCUT2D eigenvalue weighted by Crippen LogP contribution is 2.31. The van der Waals surface area contributed by atoms with E-state index in [0.717, 1.165) is 0 Å². The van der Waals surface area contributed by atoms with Crippen molar-refractivity contribution in [3.8, 4) is 0 Å². The van der Waals surface area contributed by atoms with Crippen molar-refractivity contribution in [2.75, 3.05) is 0 Å². The summed E-state index contributed by atoms with van der Waals surface area (Å²) in [7, 11) is 0. The number of carbonyl (C=O) groups excluding carboxylic acids is 1. The topological polar surface area (TPSA) is 37.3 Å². The zero-order valence-electron chi connectivity index (χ0n) is 6.95. The second-order valence-electron chi connectivity index (χ2n) is 2.67. The van der Waals surface area contributed by atoms with Crippen molar-refractivity contribution in [2.45, 2.75) is 9.90 Å². The first-order valence-corrected chi connectivity index (χ1v) is 4.90. The van der Waals surface area contributed by atoms with E-state index in [1.807, 2.05) is 0 Å². The molecule has 1 rings (SSSR count). The maximum Gasteiger partial charge on any atom is 0.223 e. The van der Waals surface area contributed by atoms with Crippen LogP contribution in [0, 0.1) is 0 Å². The predicted octanol–water partition coefficient (Wildman–Crippen LogP) is 2.60. The van der Waals surface area contributed by atoms with Gasteiger partial charge in [0.2, 0.25) is 3.79 Å². The van der Waals surface area contributed by atoms with Gasteiger partial charge in [0.15, 0.2) is 11.9 Å². The Balaban J connectivity index is 2.87. The van der Waals surface area contributed by atoms with E-state index in [2.05, 4.69) is 0 Å². The van der Waals surface area contributed by atoms with Crippen LogP contribution in [-0.2, 0) is 0 Å². The number of benzene rings is 1. The molecule has 1 aromatic rings. The van der Waals surface area contributed by atoms with Crippen LogP contribution in [-0.4, -0.2) is 20.8 Å². The molecule has 0 fully saturated rings. The second kappa shape index (κ2) is 4.49. The zero-order chi connectivity index (χ0) is 10.8. The molecule has 0 aliphatic carbocycles. The first-order valence-electron chi connectivity index (χ1n) is 3.77. The van der Waals surface area contributed by atoms with Crippen LogP contribution in [0.15, 0.2) is 30.3 Å². The fourth-order valence-electron chi connectivity index (χ4n) is 0.909. The molecule has 1 aromatic carbocycles. The number of halogens is 3. The average molecular weight is 254 g/mol. The van der Waals surface area contributed by atoms with Crippen LogP contribution >= 0.6 is 34.8 Å². The van der Waals surface area contributed by atoms with Gasteiger partial charge in [0.25, 0.3) is 0 Å². The lowest BCUT2D eigenvalue weighted by Gasteiger charge is -2.17. The quantitative estimate of drug-likeness (QED) is 0.650. The smallest absolute Gasteiger partial charge is 0.223 e. The highest BCUT2D eigenvalue weighted by Gasteiger charge is 2.36. The van der Waals surface area contributed by atoms with Gasteiger partial charge in [0.1, 0.15) is 0 Å². The third kappa shape index (κ3) is 2.85. The summed E-state index contributed by atoms with van der Waals surface area (Å²) in [5.74, 6) is -0.606.